The lowest BCUT2D eigenvalue weighted by Gasteiger charge is -2.20. The number of hydrogen-bond acceptors (Lipinski definition) is 5. The molecule has 0 aliphatic carbocycles. The third-order valence-corrected chi connectivity index (χ3v) is 2.34. The van der Waals surface area contributed by atoms with Gasteiger partial charge in [-0.15, -0.1) is 0 Å². The molecule has 0 radical (unpaired) electrons. The van der Waals surface area contributed by atoms with Crippen LogP contribution in [-0.4, -0.2) is 32.7 Å². The van der Waals surface area contributed by atoms with Gasteiger partial charge in [0.15, 0.2) is 6.61 Å². The molecule has 90 valence electrons. The van der Waals surface area contributed by atoms with Crippen LogP contribution in [0.15, 0.2) is 12.1 Å². The summed E-state index contributed by atoms with van der Waals surface area (Å²) in [6.07, 6.45) is 0. The van der Waals surface area contributed by atoms with Gasteiger partial charge in [0.1, 0.15) is 11.5 Å². The average Bonchev–Trinajstić information content (AvgIpc) is 2.36. The van der Waals surface area contributed by atoms with Crippen LogP contribution in [0, 0.1) is 0 Å². The zero-order valence-electron chi connectivity index (χ0n) is 9.40. The molecule has 1 aromatic carbocycles. The summed E-state index contributed by atoms with van der Waals surface area (Å²) in [5, 5.41) is 2.57. The number of carbonyl (C=O) groups excluding carboxylic acids is 2. The first-order chi connectivity index (χ1) is 8.15. The number of methoxy groups -OCH3 is 2. The van der Waals surface area contributed by atoms with Gasteiger partial charge in [0, 0.05) is 6.07 Å². The van der Waals surface area contributed by atoms with Gasteiger partial charge in [0.05, 0.1) is 25.5 Å². The molecule has 1 heterocycles. The molecule has 17 heavy (non-hydrogen) atoms. The average molecular weight is 237 g/mol. The highest BCUT2D eigenvalue weighted by Crippen LogP contribution is 2.35. The topological polar surface area (TPSA) is 73.9 Å². The number of esters is 1. The Morgan fingerprint density at radius 1 is 1.41 bits per heavy atom. The second-order valence-corrected chi connectivity index (χ2v) is 3.38. The number of hydrogen-bond donors (Lipinski definition) is 1. The third-order valence-electron chi connectivity index (χ3n) is 2.34. The number of benzene rings is 1. The minimum atomic E-state index is -0.564. The van der Waals surface area contributed by atoms with Crippen molar-refractivity contribution < 1.29 is 23.8 Å². The largest absolute Gasteiger partial charge is 0.497 e. The van der Waals surface area contributed by atoms with E-state index in [9.17, 15) is 9.59 Å². The van der Waals surface area contributed by atoms with Crippen molar-refractivity contribution in [1.82, 2.24) is 0 Å². The predicted octanol–water partition coefficient (Wildman–Crippen LogP) is 0.813. The van der Waals surface area contributed by atoms with Gasteiger partial charge < -0.3 is 19.5 Å². The number of carbonyl (C=O) groups is 2. The lowest BCUT2D eigenvalue weighted by atomic mass is 10.1. The number of anilines is 1. The lowest BCUT2D eigenvalue weighted by Crippen LogP contribution is -2.27. The molecule has 0 fully saturated rings. The van der Waals surface area contributed by atoms with Gasteiger partial charge in [0.25, 0.3) is 5.91 Å². The van der Waals surface area contributed by atoms with Crippen LogP contribution in [0.2, 0.25) is 0 Å². The highest BCUT2D eigenvalue weighted by Gasteiger charge is 2.24. The van der Waals surface area contributed by atoms with E-state index in [2.05, 4.69) is 10.1 Å². The minimum Gasteiger partial charge on any atom is -0.497 e. The van der Waals surface area contributed by atoms with Crippen LogP contribution in [0.3, 0.4) is 0 Å². The van der Waals surface area contributed by atoms with Gasteiger partial charge in [-0.05, 0) is 6.07 Å². The summed E-state index contributed by atoms with van der Waals surface area (Å²) in [5.74, 6) is -0.0246. The van der Waals surface area contributed by atoms with Crippen molar-refractivity contribution in [3.05, 3.63) is 17.7 Å². The molecule has 2 rings (SSSR count). The molecular weight excluding hydrogens is 226 g/mol. The first kappa shape index (κ1) is 11.3. The highest BCUT2D eigenvalue weighted by atomic mass is 16.5. The Morgan fingerprint density at radius 3 is 2.82 bits per heavy atom. The van der Waals surface area contributed by atoms with Crippen molar-refractivity contribution >= 4 is 17.6 Å². The summed E-state index contributed by atoms with van der Waals surface area (Å²) in [7, 11) is 2.74. The normalized spacial score (nSPS) is 13.2. The molecule has 6 nitrogen and oxygen atoms in total. The summed E-state index contributed by atoms with van der Waals surface area (Å²) in [5.41, 5.74) is 0.517. The van der Waals surface area contributed by atoms with Crippen molar-refractivity contribution in [1.29, 1.82) is 0 Å². The maximum absolute atomic E-state index is 11.6. The Balaban J connectivity index is 2.55. The quantitative estimate of drug-likeness (QED) is 0.770. The van der Waals surface area contributed by atoms with E-state index in [1.54, 1.807) is 6.07 Å². The Kier molecular flexibility index (Phi) is 2.86. The third kappa shape index (κ3) is 2.01. The van der Waals surface area contributed by atoms with E-state index in [0.717, 1.165) is 0 Å². The monoisotopic (exact) mass is 237 g/mol. The second-order valence-electron chi connectivity index (χ2n) is 3.38. The zero-order valence-corrected chi connectivity index (χ0v) is 9.40. The van der Waals surface area contributed by atoms with Crippen LogP contribution in [-0.2, 0) is 9.53 Å². The maximum Gasteiger partial charge on any atom is 0.340 e. The number of nitrogens with one attached hydrogen (secondary N) is 1. The van der Waals surface area contributed by atoms with E-state index in [4.69, 9.17) is 9.47 Å². The number of ether oxygens (including phenoxy) is 3. The fourth-order valence-corrected chi connectivity index (χ4v) is 1.54. The Labute approximate surface area is 97.5 Å². The molecule has 0 bridgehead atoms. The predicted molar refractivity (Wildman–Crippen MR) is 58.5 cm³/mol. The molecule has 1 N–H and O–H groups in total. The van der Waals surface area contributed by atoms with Crippen molar-refractivity contribution in [2.45, 2.75) is 0 Å². The van der Waals surface area contributed by atoms with E-state index in [1.165, 1.54) is 20.3 Å². The van der Waals surface area contributed by atoms with Crippen LogP contribution in [0.4, 0.5) is 5.69 Å². The van der Waals surface area contributed by atoms with Crippen molar-refractivity contribution in [3.8, 4) is 11.5 Å². The molecule has 0 saturated heterocycles. The second kappa shape index (κ2) is 4.32. The summed E-state index contributed by atoms with van der Waals surface area (Å²) in [4.78, 5) is 22.8. The molecule has 0 unspecified atom stereocenters. The fourth-order valence-electron chi connectivity index (χ4n) is 1.54. The van der Waals surface area contributed by atoms with Crippen LogP contribution in [0.1, 0.15) is 10.4 Å². The van der Waals surface area contributed by atoms with Gasteiger partial charge in [0.2, 0.25) is 0 Å². The van der Waals surface area contributed by atoms with Gasteiger partial charge in [-0.25, -0.2) is 4.79 Å². The van der Waals surface area contributed by atoms with E-state index < -0.39 is 5.97 Å². The molecule has 0 spiro atoms. The van der Waals surface area contributed by atoms with Crippen LogP contribution in [0.5, 0.6) is 11.5 Å². The van der Waals surface area contributed by atoms with Gasteiger partial charge in [-0.1, -0.05) is 0 Å². The van der Waals surface area contributed by atoms with Crippen LogP contribution in [0.25, 0.3) is 0 Å². The summed E-state index contributed by atoms with van der Waals surface area (Å²) < 4.78 is 14.9. The summed E-state index contributed by atoms with van der Waals surface area (Å²) >= 11 is 0. The Hall–Kier alpha value is -2.24. The lowest BCUT2D eigenvalue weighted by molar-refractivity contribution is -0.118. The molecule has 1 aliphatic rings. The summed E-state index contributed by atoms with van der Waals surface area (Å²) in [6.45, 7) is -0.0826. The molecule has 0 saturated carbocycles. The number of amides is 1. The van der Waals surface area contributed by atoms with Gasteiger partial charge >= 0.3 is 5.97 Å². The number of fused-ring (bicyclic) bond motifs is 1. The molecule has 0 aromatic heterocycles. The van der Waals surface area contributed by atoms with Crippen molar-refractivity contribution in [2.24, 2.45) is 0 Å². The van der Waals surface area contributed by atoms with Gasteiger partial charge in [-0.3, -0.25) is 4.79 Å². The van der Waals surface area contributed by atoms with E-state index in [0.29, 0.717) is 17.2 Å². The molecule has 1 aromatic rings. The summed E-state index contributed by atoms with van der Waals surface area (Å²) in [6, 6.07) is 3.08. The van der Waals surface area contributed by atoms with Crippen molar-refractivity contribution in [2.75, 3.05) is 26.1 Å². The Morgan fingerprint density at radius 2 is 2.18 bits per heavy atom. The molecule has 6 heteroatoms. The van der Waals surface area contributed by atoms with Crippen LogP contribution >= 0.6 is 0 Å². The standard InChI is InChI=1S/C11H11NO5/c1-15-6-3-7(11(14)16-2)10-8(4-6)17-5-9(13)12-10/h3-4H,5H2,1-2H3,(H,12,13). The van der Waals surface area contributed by atoms with Gasteiger partial charge in [-0.2, -0.15) is 0 Å². The molecular formula is C11H11NO5. The zero-order chi connectivity index (χ0) is 12.4. The maximum atomic E-state index is 11.6. The molecule has 1 amide bonds. The SMILES string of the molecule is COC(=O)c1cc(OC)cc2c1NC(=O)CO2. The highest BCUT2D eigenvalue weighted by molar-refractivity contribution is 6.05. The first-order valence-corrected chi connectivity index (χ1v) is 4.88. The van der Waals surface area contributed by atoms with Crippen LogP contribution < -0.4 is 14.8 Å². The van der Waals surface area contributed by atoms with Crippen molar-refractivity contribution in [3.63, 3.8) is 0 Å². The number of rotatable bonds is 2. The molecule has 1 aliphatic heterocycles. The van der Waals surface area contributed by atoms with E-state index in [1.807, 2.05) is 0 Å². The molecule has 0 atom stereocenters. The van der Waals surface area contributed by atoms with E-state index in [-0.39, 0.29) is 18.1 Å². The fraction of sp³-hybridized carbons (Fsp3) is 0.273. The minimum absolute atomic E-state index is 0.0826. The first-order valence-electron chi connectivity index (χ1n) is 4.88. The van der Waals surface area contributed by atoms with E-state index >= 15 is 0 Å². The Bertz CT molecular complexity index is 483. The smallest absolute Gasteiger partial charge is 0.340 e.